The van der Waals surface area contributed by atoms with E-state index >= 15 is 0 Å². The van der Waals surface area contributed by atoms with E-state index in [1.54, 1.807) is 0 Å². The van der Waals surface area contributed by atoms with Crippen LogP contribution in [0.1, 0.15) is 38.2 Å². The number of nitrogens with zero attached hydrogens (tertiary/aromatic N) is 1. The Morgan fingerprint density at radius 2 is 1.94 bits per heavy atom. The molecular weight excluding hydrogens is 220 g/mol. The first kappa shape index (κ1) is 12.0. The van der Waals surface area contributed by atoms with Gasteiger partial charge in [-0.3, -0.25) is 0 Å². The Morgan fingerprint density at radius 3 is 2.72 bits per heavy atom. The van der Waals surface area contributed by atoms with E-state index in [0.717, 1.165) is 31.6 Å². The van der Waals surface area contributed by atoms with Gasteiger partial charge in [0.1, 0.15) is 0 Å². The second-order valence-electron chi connectivity index (χ2n) is 5.63. The standard InChI is InChI=1S/C16H24N2/c1-2-13-7-9-14(10-8-13)18-12-11-17-15-5-3-4-6-16(15)18/h7-10,15-17H,2-6,11-12H2,1H3/t15-,16-/m1/s1. The van der Waals surface area contributed by atoms with E-state index in [1.165, 1.54) is 36.9 Å². The lowest BCUT2D eigenvalue weighted by Gasteiger charge is -2.46. The number of piperazine rings is 1. The van der Waals surface area contributed by atoms with Gasteiger partial charge in [-0.25, -0.2) is 0 Å². The van der Waals surface area contributed by atoms with Crippen molar-refractivity contribution in [1.82, 2.24) is 5.32 Å². The zero-order valence-electron chi connectivity index (χ0n) is 11.4. The van der Waals surface area contributed by atoms with Gasteiger partial charge in [0.2, 0.25) is 0 Å². The smallest absolute Gasteiger partial charge is 0.0443 e. The topological polar surface area (TPSA) is 15.3 Å². The van der Waals surface area contributed by atoms with Crippen molar-refractivity contribution in [2.45, 2.75) is 51.1 Å². The van der Waals surface area contributed by atoms with Gasteiger partial charge in [-0.05, 0) is 37.0 Å². The molecule has 1 aliphatic carbocycles. The molecule has 0 amide bonds. The fraction of sp³-hybridized carbons (Fsp3) is 0.625. The summed E-state index contributed by atoms with van der Waals surface area (Å²) in [4.78, 5) is 2.64. The molecule has 98 valence electrons. The average molecular weight is 244 g/mol. The average Bonchev–Trinajstić information content (AvgIpc) is 2.47. The van der Waals surface area contributed by atoms with E-state index in [2.05, 4.69) is 41.4 Å². The van der Waals surface area contributed by atoms with Gasteiger partial charge < -0.3 is 10.2 Å². The summed E-state index contributed by atoms with van der Waals surface area (Å²) in [7, 11) is 0. The van der Waals surface area contributed by atoms with Crippen molar-refractivity contribution >= 4 is 5.69 Å². The lowest BCUT2D eigenvalue weighted by atomic mass is 9.87. The van der Waals surface area contributed by atoms with Crippen LogP contribution in [0.3, 0.4) is 0 Å². The SMILES string of the molecule is CCc1ccc(N2CCN[C@@H]3CCCC[C@H]32)cc1. The first-order valence-corrected chi connectivity index (χ1v) is 7.47. The fourth-order valence-corrected chi connectivity index (χ4v) is 3.50. The van der Waals surface area contributed by atoms with Gasteiger partial charge in [0, 0.05) is 30.9 Å². The Bertz CT molecular complexity index is 383. The van der Waals surface area contributed by atoms with Crippen LogP contribution in [0.4, 0.5) is 5.69 Å². The highest BCUT2D eigenvalue weighted by molar-refractivity contribution is 5.49. The molecule has 0 bridgehead atoms. The van der Waals surface area contributed by atoms with Crippen molar-refractivity contribution in [3.05, 3.63) is 29.8 Å². The van der Waals surface area contributed by atoms with Gasteiger partial charge in [0.05, 0.1) is 0 Å². The summed E-state index contributed by atoms with van der Waals surface area (Å²) in [5.41, 5.74) is 2.86. The highest BCUT2D eigenvalue weighted by atomic mass is 15.2. The first-order valence-electron chi connectivity index (χ1n) is 7.47. The van der Waals surface area contributed by atoms with Crippen molar-refractivity contribution in [3.8, 4) is 0 Å². The van der Waals surface area contributed by atoms with E-state index in [0.29, 0.717) is 0 Å². The Hall–Kier alpha value is -1.02. The van der Waals surface area contributed by atoms with E-state index in [1.807, 2.05) is 0 Å². The molecule has 2 aliphatic rings. The Labute approximate surface area is 110 Å². The molecule has 1 aromatic carbocycles. The quantitative estimate of drug-likeness (QED) is 0.860. The van der Waals surface area contributed by atoms with E-state index in [9.17, 15) is 0 Å². The highest BCUT2D eigenvalue weighted by Gasteiger charge is 2.32. The number of rotatable bonds is 2. The monoisotopic (exact) mass is 244 g/mol. The number of aryl methyl sites for hydroxylation is 1. The third-order valence-electron chi connectivity index (χ3n) is 4.57. The number of benzene rings is 1. The predicted octanol–water partition coefficient (Wildman–Crippen LogP) is 2.97. The molecule has 0 radical (unpaired) electrons. The Morgan fingerprint density at radius 1 is 1.17 bits per heavy atom. The van der Waals surface area contributed by atoms with Crippen LogP contribution in [0.15, 0.2) is 24.3 Å². The van der Waals surface area contributed by atoms with Crippen molar-refractivity contribution < 1.29 is 0 Å². The van der Waals surface area contributed by atoms with Gasteiger partial charge in [-0.1, -0.05) is 31.9 Å². The minimum absolute atomic E-state index is 0.721. The lowest BCUT2D eigenvalue weighted by molar-refractivity contribution is 0.284. The van der Waals surface area contributed by atoms with Crippen LogP contribution in [-0.2, 0) is 6.42 Å². The minimum atomic E-state index is 0.721. The molecule has 1 N–H and O–H groups in total. The number of nitrogens with one attached hydrogen (secondary N) is 1. The molecule has 0 aromatic heterocycles. The van der Waals surface area contributed by atoms with E-state index < -0.39 is 0 Å². The van der Waals surface area contributed by atoms with Crippen LogP contribution >= 0.6 is 0 Å². The Kier molecular flexibility index (Phi) is 3.55. The number of hydrogen-bond acceptors (Lipinski definition) is 2. The summed E-state index contributed by atoms with van der Waals surface area (Å²) >= 11 is 0. The second-order valence-corrected chi connectivity index (χ2v) is 5.63. The summed E-state index contributed by atoms with van der Waals surface area (Å²) in [6.45, 7) is 4.51. The molecule has 1 aromatic rings. The lowest BCUT2D eigenvalue weighted by Crippen LogP contribution is -2.59. The maximum absolute atomic E-state index is 3.70. The molecule has 1 saturated heterocycles. The van der Waals surface area contributed by atoms with Gasteiger partial charge in [-0.15, -0.1) is 0 Å². The van der Waals surface area contributed by atoms with E-state index in [4.69, 9.17) is 0 Å². The van der Waals surface area contributed by atoms with Crippen molar-refractivity contribution in [1.29, 1.82) is 0 Å². The number of hydrogen-bond donors (Lipinski definition) is 1. The molecule has 2 fully saturated rings. The molecule has 0 unspecified atom stereocenters. The molecule has 1 saturated carbocycles. The Balaban J connectivity index is 1.80. The maximum Gasteiger partial charge on any atom is 0.0443 e. The molecule has 2 heteroatoms. The predicted molar refractivity (Wildman–Crippen MR) is 77.2 cm³/mol. The zero-order valence-corrected chi connectivity index (χ0v) is 11.4. The normalized spacial score (nSPS) is 27.9. The van der Waals surface area contributed by atoms with Gasteiger partial charge in [0.15, 0.2) is 0 Å². The van der Waals surface area contributed by atoms with Crippen LogP contribution in [0.25, 0.3) is 0 Å². The molecule has 0 spiro atoms. The van der Waals surface area contributed by atoms with E-state index in [-0.39, 0.29) is 0 Å². The van der Waals surface area contributed by atoms with Crippen LogP contribution in [0.5, 0.6) is 0 Å². The summed E-state index contributed by atoms with van der Waals surface area (Å²) in [5.74, 6) is 0. The molecule has 1 aliphatic heterocycles. The van der Waals surface area contributed by atoms with Crippen LogP contribution in [-0.4, -0.2) is 25.2 Å². The highest BCUT2D eigenvalue weighted by Crippen LogP contribution is 2.29. The molecule has 2 nitrogen and oxygen atoms in total. The molecule has 3 rings (SSSR count). The fourth-order valence-electron chi connectivity index (χ4n) is 3.50. The minimum Gasteiger partial charge on any atom is -0.366 e. The summed E-state index contributed by atoms with van der Waals surface area (Å²) in [6, 6.07) is 10.6. The molecule has 18 heavy (non-hydrogen) atoms. The summed E-state index contributed by atoms with van der Waals surface area (Å²) in [5, 5.41) is 3.70. The third-order valence-corrected chi connectivity index (χ3v) is 4.57. The van der Waals surface area contributed by atoms with Gasteiger partial charge in [-0.2, -0.15) is 0 Å². The molecular formula is C16H24N2. The van der Waals surface area contributed by atoms with Crippen LogP contribution in [0, 0.1) is 0 Å². The first-order chi connectivity index (χ1) is 8.88. The van der Waals surface area contributed by atoms with Crippen molar-refractivity contribution in [2.75, 3.05) is 18.0 Å². The van der Waals surface area contributed by atoms with Crippen molar-refractivity contribution in [3.63, 3.8) is 0 Å². The number of fused-ring (bicyclic) bond motifs is 1. The second kappa shape index (κ2) is 5.31. The largest absolute Gasteiger partial charge is 0.366 e. The third kappa shape index (κ3) is 2.26. The summed E-state index contributed by atoms with van der Waals surface area (Å²) < 4.78 is 0. The zero-order chi connectivity index (χ0) is 12.4. The summed E-state index contributed by atoms with van der Waals surface area (Å²) in [6.07, 6.45) is 6.64. The van der Waals surface area contributed by atoms with Crippen LogP contribution < -0.4 is 10.2 Å². The van der Waals surface area contributed by atoms with Crippen molar-refractivity contribution in [2.24, 2.45) is 0 Å². The molecule has 2 atom stereocenters. The van der Waals surface area contributed by atoms with Crippen LogP contribution in [0.2, 0.25) is 0 Å². The maximum atomic E-state index is 3.70. The number of anilines is 1. The van der Waals surface area contributed by atoms with Gasteiger partial charge >= 0.3 is 0 Å². The molecule has 1 heterocycles. The van der Waals surface area contributed by atoms with Gasteiger partial charge in [0.25, 0.3) is 0 Å².